The van der Waals surface area contributed by atoms with Crippen LogP contribution < -0.4 is 0 Å². The van der Waals surface area contributed by atoms with Gasteiger partial charge in [0.2, 0.25) is 0 Å². The van der Waals surface area contributed by atoms with E-state index >= 15 is 0 Å². The molecule has 9 heteroatoms. The van der Waals surface area contributed by atoms with Crippen molar-refractivity contribution in [2.75, 3.05) is 0 Å². The van der Waals surface area contributed by atoms with Gasteiger partial charge in [0.1, 0.15) is 9.79 Å². The summed E-state index contributed by atoms with van der Waals surface area (Å²) >= 11 is 0. The lowest BCUT2D eigenvalue weighted by atomic mass is 9.87. The van der Waals surface area contributed by atoms with E-state index in [2.05, 4.69) is 6.92 Å². The zero-order valence-electron chi connectivity index (χ0n) is 17.7. The van der Waals surface area contributed by atoms with Gasteiger partial charge in [-0.15, -0.1) is 0 Å². The second-order valence-corrected chi connectivity index (χ2v) is 10.5. The van der Waals surface area contributed by atoms with Gasteiger partial charge in [-0.2, -0.15) is 16.8 Å². The highest BCUT2D eigenvalue weighted by molar-refractivity contribution is 7.87. The second kappa shape index (κ2) is 8.67. The van der Waals surface area contributed by atoms with Crippen LogP contribution >= 0.6 is 0 Å². The molecule has 3 aromatic carbocycles. The van der Waals surface area contributed by atoms with Gasteiger partial charge >= 0.3 is 0 Å². The molecule has 3 aromatic rings. The van der Waals surface area contributed by atoms with Crippen molar-refractivity contribution in [1.82, 2.24) is 0 Å². The van der Waals surface area contributed by atoms with E-state index in [0.717, 1.165) is 22.8 Å². The van der Waals surface area contributed by atoms with Crippen LogP contribution in [0.25, 0.3) is 0 Å². The predicted molar refractivity (Wildman–Crippen MR) is 120 cm³/mol. The summed E-state index contributed by atoms with van der Waals surface area (Å²) in [6.07, 6.45) is 0. The first kappa shape index (κ1) is 23.9. The van der Waals surface area contributed by atoms with Crippen LogP contribution in [-0.2, 0) is 20.2 Å². The molecule has 2 unspecified atom stereocenters. The van der Waals surface area contributed by atoms with Gasteiger partial charge in [0.15, 0.2) is 5.75 Å². The molecule has 7 nitrogen and oxygen atoms in total. The molecule has 0 radical (unpaired) electrons. The zero-order valence-corrected chi connectivity index (χ0v) is 19.4. The van der Waals surface area contributed by atoms with Gasteiger partial charge in [-0.3, -0.25) is 9.11 Å². The second-order valence-electron chi connectivity index (χ2n) is 7.74. The fraction of sp³-hybridized carbons (Fsp3) is 0.217. The molecule has 0 fully saturated rings. The maximum atomic E-state index is 11.8. The van der Waals surface area contributed by atoms with E-state index in [9.17, 15) is 31.0 Å². The SMILES string of the molecule is Cc1c(C(C)c2ccc(C(C)c3ccccc3)cc2)cc(S(=O)(=O)O)c(O)c1S(=O)(=O)O. The number of benzene rings is 3. The average Bonchev–Trinajstić information content (AvgIpc) is 2.72. The summed E-state index contributed by atoms with van der Waals surface area (Å²) in [5.74, 6) is -1.57. The predicted octanol–water partition coefficient (Wildman–Crippen LogP) is 4.50. The third kappa shape index (κ3) is 4.71. The Labute approximate surface area is 187 Å². The molecular weight excluding hydrogens is 452 g/mol. The Morgan fingerprint density at radius 2 is 1.19 bits per heavy atom. The highest BCUT2D eigenvalue weighted by Crippen LogP contribution is 2.39. The summed E-state index contributed by atoms with van der Waals surface area (Å²) in [5, 5.41) is 10.1. The van der Waals surface area contributed by atoms with Gasteiger partial charge in [0, 0.05) is 11.8 Å². The summed E-state index contributed by atoms with van der Waals surface area (Å²) in [5.41, 5.74) is 3.19. The molecular formula is C23H24O7S2. The molecule has 0 aliphatic heterocycles. The molecule has 0 heterocycles. The molecule has 0 bridgehead atoms. The molecule has 0 saturated carbocycles. The monoisotopic (exact) mass is 476 g/mol. The molecule has 0 aromatic heterocycles. The highest BCUT2D eigenvalue weighted by atomic mass is 32.2. The average molecular weight is 477 g/mol. The largest absolute Gasteiger partial charge is 0.505 e. The third-order valence-corrected chi connectivity index (χ3v) is 7.63. The Kier molecular flexibility index (Phi) is 6.48. The fourth-order valence-electron chi connectivity index (χ4n) is 3.89. The van der Waals surface area contributed by atoms with Crippen molar-refractivity contribution in [3.05, 3.63) is 88.5 Å². The lowest BCUT2D eigenvalue weighted by Gasteiger charge is -2.20. The molecule has 0 aliphatic carbocycles. The molecule has 0 amide bonds. The normalized spacial score (nSPS) is 14.2. The van der Waals surface area contributed by atoms with Crippen LogP contribution in [-0.4, -0.2) is 31.0 Å². The van der Waals surface area contributed by atoms with Gasteiger partial charge in [-0.1, -0.05) is 68.4 Å². The van der Waals surface area contributed by atoms with Crippen molar-refractivity contribution in [3.8, 4) is 5.75 Å². The Morgan fingerprint density at radius 3 is 1.66 bits per heavy atom. The summed E-state index contributed by atoms with van der Waals surface area (Å²) in [4.78, 5) is -1.92. The minimum absolute atomic E-state index is 0.00775. The first-order chi connectivity index (χ1) is 14.8. The van der Waals surface area contributed by atoms with Gasteiger partial charge < -0.3 is 5.11 Å². The van der Waals surface area contributed by atoms with E-state index < -0.39 is 41.7 Å². The van der Waals surface area contributed by atoms with E-state index in [1.807, 2.05) is 54.6 Å². The Morgan fingerprint density at radius 1 is 0.719 bits per heavy atom. The van der Waals surface area contributed by atoms with Crippen molar-refractivity contribution >= 4 is 20.2 Å². The van der Waals surface area contributed by atoms with Crippen molar-refractivity contribution < 1.29 is 31.0 Å². The molecule has 2 atom stereocenters. The molecule has 170 valence electrons. The van der Waals surface area contributed by atoms with Gasteiger partial charge in [-0.25, -0.2) is 0 Å². The molecule has 0 aliphatic rings. The van der Waals surface area contributed by atoms with Crippen LogP contribution in [0.3, 0.4) is 0 Å². The quantitative estimate of drug-likeness (QED) is 0.447. The summed E-state index contributed by atoms with van der Waals surface area (Å²) in [7, 11) is -9.90. The summed E-state index contributed by atoms with van der Waals surface area (Å²) in [6.45, 7) is 5.17. The summed E-state index contributed by atoms with van der Waals surface area (Å²) < 4.78 is 66.2. The number of rotatable bonds is 6. The number of phenolic OH excluding ortho intramolecular Hbond substituents is 1. The van der Waals surface area contributed by atoms with E-state index in [0.29, 0.717) is 0 Å². The van der Waals surface area contributed by atoms with E-state index in [4.69, 9.17) is 0 Å². The van der Waals surface area contributed by atoms with Crippen molar-refractivity contribution in [2.24, 2.45) is 0 Å². The minimum Gasteiger partial charge on any atom is -0.505 e. The topological polar surface area (TPSA) is 129 Å². The Hall–Kier alpha value is -2.72. The van der Waals surface area contributed by atoms with Gasteiger partial charge in [0.05, 0.1) is 0 Å². The van der Waals surface area contributed by atoms with Crippen LogP contribution in [0.15, 0.2) is 70.5 Å². The van der Waals surface area contributed by atoms with E-state index in [1.165, 1.54) is 6.92 Å². The lowest BCUT2D eigenvalue weighted by Crippen LogP contribution is -2.11. The molecule has 32 heavy (non-hydrogen) atoms. The van der Waals surface area contributed by atoms with E-state index in [-0.39, 0.29) is 17.0 Å². The standard InChI is InChI=1S/C23H24O7S2/c1-14(17-7-5-4-6-8-17)18-9-11-19(12-10-18)15(2)20-13-21(31(25,26)27)22(24)23(16(20)3)32(28,29)30/h4-15,24H,1-3H3,(H,25,26,27)(H,28,29,30). The molecule has 3 rings (SSSR count). The van der Waals surface area contributed by atoms with Crippen molar-refractivity contribution in [3.63, 3.8) is 0 Å². The smallest absolute Gasteiger partial charge is 0.298 e. The van der Waals surface area contributed by atoms with Crippen LogP contribution in [0, 0.1) is 6.92 Å². The maximum absolute atomic E-state index is 11.8. The fourth-order valence-corrected chi connectivity index (χ4v) is 5.43. The first-order valence-corrected chi connectivity index (χ1v) is 12.7. The van der Waals surface area contributed by atoms with Gasteiger partial charge in [0.25, 0.3) is 20.2 Å². The van der Waals surface area contributed by atoms with Crippen LogP contribution in [0.1, 0.15) is 53.5 Å². The molecule has 0 saturated heterocycles. The number of hydrogen-bond acceptors (Lipinski definition) is 5. The molecule has 3 N–H and O–H groups in total. The third-order valence-electron chi connectivity index (χ3n) is 5.75. The van der Waals surface area contributed by atoms with E-state index in [1.54, 1.807) is 6.92 Å². The Bertz CT molecular complexity index is 1350. The van der Waals surface area contributed by atoms with Crippen LogP contribution in [0.2, 0.25) is 0 Å². The van der Waals surface area contributed by atoms with Crippen molar-refractivity contribution in [2.45, 2.75) is 42.4 Å². The van der Waals surface area contributed by atoms with Crippen LogP contribution in [0.5, 0.6) is 5.75 Å². The highest BCUT2D eigenvalue weighted by Gasteiger charge is 2.30. The Balaban J connectivity index is 2.08. The van der Waals surface area contributed by atoms with Gasteiger partial charge in [-0.05, 0) is 40.8 Å². The minimum atomic E-state index is -4.96. The van der Waals surface area contributed by atoms with Crippen LogP contribution in [0.4, 0.5) is 0 Å². The number of phenols is 1. The van der Waals surface area contributed by atoms with Crippen molar-refractivity contribution in [1.29, 1.82) is 0 Å². The number of aromatic hydroxyl groups is 1. The number of hydrogen-bond donors (Lipinski definition) is 3. The lowest BCUT2D eigenvalue weighted by molar-refractivity contribution is 0.421. The zero-order chi connectivity index (χ0) is 23.8. The molecule has 0 spiro atoms. The summed E-state index contributed by atoms with van der Waals surface area (Å²) in [6, 6.07) is 18.6. The first-order valence-electron chi connectivity index (χ1n) is 9.78. The maximum Gasteiger partial charge on any atom is 0.298 e.